The van der Waals surface area contributed by atoms with Crippen LogP contribution in [-0.4, -0.2) is 41.6 Å². The maximum absolute atomic E-state index is 12.3. The van der Waals surface area contributed by atoms with E-state index < -0.39 is 41.2 Å². The minimum absolute atomic E-state index is 0.372. The number of carboxylic acids is 1. The van der Waals surface area contributed by atoms with E-state index in [4.69, 9.17) is 4.74 Å². The smallest absolute Gasteiger partial charge is 0.325 e. The van der Waals surface area contributed by atoms with Crippen molar-refractivity contribution in [2.45, 2.75) is 25.4 Å². The summed E-state index contributed by atoms with van der Waals surface area (Å²) in [4.78, 5) is 36.7. The Balaban J connectivity index is 1.94. The largest absolute Gasteiger partial charge is 0.497 e. The molecular formula is C19H22N2O5. The Morgan fingerprint density at radius 1 is 1.23 bits per heavy atom. The van der Waals surface area contributed by atoms with Crippen LogP contribution in [0, 0.1) is 17.8 Å². The predicted octanol–water partition coefficient (Wildman–Crippen LogP) is 1.05. The minimum atomic E-state index is -1.48. The van der Waals surface area contributed by atoms with E-state index in [0.717, 1.165) is 11.3 Å². The fourth-order valence-electron chi connectivity index (χ4n) is 3.98. The summed E-state index contributed by atoms with van der Waals surface area (Å²) in [6, 6.07) is 6.79. The molecule has 2 aliphatic rings. The lowest BCUT2D eigenvalue weighted by Crippen LogP contribution is -2.59. The number of aliphatic carboxylic acids is 1. The first-order valence-corrected chi connectivity index (χ1v) is 8.49. The average molecular weight is 358 g/mol. The first-order chi connectivity index (χ1) is 12.3. The first-order valence-electron chi connectivity index (χ1n) is 8.49. The molecule has 2 amide bonds. The van der Waals surface area contributed by atoms with Crippen molar-refractivity contribution in [1.29, 1.82) is 0 Å². The van der Waals surface area contributed by atoms with E-state index in [9.17, 15) is 19.5 Å². The Kier molecular flexibility index (Phi) is 4.58. The van der Waals surface area contributed by atoms with E-state index in [2.05, 4.69) is 10.6 Å². The SMILES string of the molecule is COc1ccc(C=CC2NC(C(=O)O)(C(C)C)C3C(=O)NC(=O)C23)cc1. The molecule has 0 saturated carbocycles. The first kappa shape index (κ1) is 18.1. The number of hydrogen-bond donors (Lipinski definition) is 3. The van der Waals surface area contributed by atoms with Crippen molar-refractivity contribution in [3.63, 3.8) is 0 Å². The van der Waals surface area contributed by atoms with Gasteiger partial charge in [-0.05, 0) is 23.6 Å². The topological polar surface area (TPSA) is 105 Å². The van der Waals surface area contributed by atoms with Crippen molar-refractivity contribution >= 4 is 23.9 Å². The lowest BCUT2D eigenvalue weighted by atomic mass is 9.73. The van der Waals surface area contributed by atoms with Crippen LogP contribution >= 0.6 is 0 Å². The number of ether oxygens (including phenoxy) is 1. The summed E-state index contributed by atoms with van der Waals surface area (Å²) < 4.78 is 5.12. The van der Waals surface area contributed by atoms with Crippen LogP contribution in [0.4, 0.5) is 0 Å². The van der Waals surface area contributed by atoms with Crippen molar-refractivity contribution < 1.29 is 24.2 Å². The molecule has 1 aromatic rings. The fraction of sp³-hybridized carbons (Fsp3) is 0.421. The number of carbonyl (C=O) groups is 3. The van der Waals surface area contributed by atoms with Crippen molar-refractivity contribution in [2.24, 2.45) is 17.8 Å². The van der Waals surface area contributed by atoms with Gasteiger partial charge in [-0.2, -0.15) is 0 Å². The summed E-state index contributed by atoms with van der Waals surface area (Å²) in [5, 5.41) is 15.2. The highest BCUT2D eigenvalue weighted by molar-refractivity contribution is 6.09. The molecule has 3 rings (SSSR count). The fourth-order valence-corrected chi connectivity index (χ4v) is 3.98. The summed E-state index contributed by atoms with van der Waals surface area (Å²) in [5.41, 5.74) is -0.596. The van der Waals surface area contributed by atoms with E-state index in [1.54, 1.807) is 27.0 Å². The molecule has 0 aliphatic carbocycles. The van der Waals surface area contributed by atoms with Gasteiger partial charge in [-0.3, -0.25) is 25.0 Å². The zero-order valence-electron chi connectivity index (χ0n) is 14.9. The molecule has 7 heteroatoms. The number of carboxylic acid groups (broad SMARTS) is 1. The van der Waals surface area contributed by atoms with E-state index in [-0.39, 0.29) is 5.92 Å². The molecule has 0 bridgehead atoms. The number of rotatable bonds is 5. The lowest BCUT2D eigenvalue weighted by molar-refractivity contribution is -0.151. The maximum atomic E-state index is 12.3. The predicted molar refractivity (Wildman–Crippen MR) is 94.3 cm³/mol. The van der Waals surface area contributed by atoms with E-state index in [1.165, 1.54) is 0 Å². The quantitative estimate of drug-likeness (QED) is 0.680. The lowest BCUT2D eigenvalue weighted by Gasteiger charge is -2.33. The summed E-state index contributed by atoms with van der Waals surface area (Å²) in [6.45, 7) is 3.48. The van der Waals surface area contributed by atoms with Gasteiger partial charge in [0.1, 0.15) is 11.3 Å². The van der Waals surface area contributed by atoms with Crippen molar-refractivity contribution in [1.82, 2.24) is 10.6 Å². The molecule has 3 N–H and O–H groups in total. The second kappa shape index (κ2) is 6.57. The Hall–Kier alpha value is -2.67. The zero-order chi connectivity index (χ0) is 19.1. The summed E-state index contributed by atoms with van der Waals surface area (Å²) in [7, 11) is 1.58. The molecule has 4 atom stereocenters. The standard InChI is InChI=1S/C19H22N2O5/c1-10(2)19(18(24)25)15-14(16(22)20-17(15)23)13(21-19)9-6-11-4-7-12(26-3)8-5-11/h4-10,13-15,21H,1-3H3,(H,24,25)(H,20,22,23). The van der Waals surface area contributed by atoms with Crippen LogP contribution in [-0.2, 0) is 14.4 Å². The number of nitrogens with one attached hydrogen (secondary N) is 2. The highest BCUT2D eigenvalue weighted by atomic mass is 16.5. The molecule has 2 saturated heterocycles. The van der Waals surface area contributed by atoms with Gasteiger partial charge in [0.25, 0.3) is 0 Å². The molecule has 138 valence electrons. The molecule has 1 aromatic carbocycles. The molecule has 26 heavy (non-hydrogen) atoms. The van der Waals surface area contributed by atoms with Gasteiger partial charge in [-0.25, -0.2) is 0 Å². The Morgan fingerprint density at radius 3 is 2.42 bits per heavy atom. The molecule has 2 heterocycles. The third-order valence-electron chi connectivity index (χ3n) is 5.35. The van der Waals surface area contributed by atoms with E-state index in [1.807, 2.05) is 30.3 Å². The highest BCUT2D eigenvalue weighted by Gasteiger charge is 2.66. The van der Waals surface area contributed by atoms with Crippen LogP contribution in [0.3, 0.4) is 0 Å². The van der Waals surface area contributed by atoms with Crippen molar-refractivity contribution in [3.05, 3.63) is 35.9 Å². The number of carbonyl (C=O) groups excluding carboxylic acids is 2. The van der Waals surface area contributed by atoms with Gasteiger partial charge in [0.2, 0.25) is 11.8 Å². The molecule has 7 nitrogen and oxygen atoms in total. The number of benzene rings is 1. The molecule has 0 aromatic heterocycles. The number of methoxy groups -OCH3 is 1. The van der Waals surface area contributed by atoms with Gasteiger partial charge in [0.15, 0.2) is 0 Å². The average Bonchev–Trinajstić information content (AvgIpc) is 3.11. The van der Waals surface area contributed by atoms with Gasteiger partial charge < -0.3 is 9.84 Å². The zero-order valence-corrected chi connectivity index (χ0v) is 14.9. The number of hydrogen-bond acceptors (Lipinski definition) is 5. The number of imide groups is 1. The van der Waals surface area contributed by atoms with Gasteiger partial charge in [-0.15, -0.1) is 0 Å². The maximum Gasteiger partial charge on any atom is 0.325 e. The van der Waals surface area contributed by atoms with Crippen molar-refractivity contribution in [3.8, 4) is 5.75 Å². The Bertz CT molecular complexity index is 771. The minimum Gasteiger partial charge on any atom is -0.497 e. The molecular weight excluding hydrogens is 336 g/mol. The molecule has 2 fully saturated rings. The molecule has 2 aliphatic heterocycles. The van der Waals surface area contributed by atoms with Crippen LogP contribution in [0.1, 0.15) is 19.4 Å². The summed E-state index contributed by atoms with van der Waals surface area (Å²) >= 11 is 0. The van der Waals surface area contributed by atoms with Gasteiger partial charge >= 0.3 is 5.97 Å². The van der Waals surface area contributed by atoms with Crippen LogP contribution in [0.5, 0.6) is 5.75 Å². The van der Waals surface area contributed by atoms with Gasteiger partial charge in [-0.1, -0.05) is 38.1 Å². The summed E-state index contributed by atoms with van der Waals surface area (Å²) in [5.74, 6) is -3.39. The second-order valence-corrected chi connectivity index (χ2v) is 6.99. The van der Waals surface area contributed by atoms with Crippen LogP contribution in [0.15, 0.2) is 30.3 Å². The van der Waals surface area contributed by atoms with Gasteiger partial charge in [0.05, 0.1) is 18.9 Å². The third-order valence-corrected chi connectivity index (χ3v) is 5.35. The molecule has 0 spiro atoms. The molecule has 4 unspecified atom stereocenters. The van der Waals surface area contributed by atoms with Gasteiger partial charge in [0, 0.05) is 6.04 Å². The highest BCUT2D eigenvalue weighted by Crippen LogP contribution is 2.44. The van der Waals surface area contributed by atoms with E-state index in [0.29, 0.717) is 0 Å². The second-order valence-electron chi connectivity index (χ2n) is 6.99. The molecule has 0 radical (unpaired) electrons. The Morgan fingerprint density at radius 2 is 1.88 bits per heavy atom. The van der Waals surface area contributed by atoms with Crippen molar-refractivity contribution in [2.75, 3.05) is 7.11 Å². The third kappa shape index (κ3) is 2.68. The summed E-state index contributed by atoms with van der Waals surface area (Å²) in [6.07, 6.45) is 3.56. The van der Waals surface area contributed by atoms with Crippen LogP contribution < -0.4 is 15.4 Å². The number of fused-ring (bicyclic) bond motifs is 1. The van der Waals surface area contributed by atoms with Crippen LogP contribution in [0.2, 0.25) is 0 Å². The number of amides is 2. The Labute approximate surface area is 151 Å². The van der Waals surface area contributed by atoms with E-state index >= 15 is 0 Å². The normalized spacial score (nSPS) is 30.7. The van der Waals surface area contributed by atoms with Crippen LogP contribution in [0.25, 0.3) is 6.08 Å². The monoisotopic (exact) mass is 358 g/mol.